The molecule has 0 spiro atoms. The molecule has 0 unspecified atom stereocenters. The monoisotopic (exact) mass is 329 g/mol. The summed E-state index contributed by atoms with van der Waals surface area (Å²) in [6.45, 7) is 7.40. The number of nitrogens with one attached hydrogen (secondary N) is 1. The first-order chi connectivity index (χ1) is 11.8. The highest BCUT2D eigenvalue weighted by molar-refractivity contribution is 5.56. The summed E-state index contributed by atoms with van der Waals surface area (Å²) < 4.78 is 16.8. The van der Waals surface area contributed by atoms with Crippen LogP contribution in [0.5, 0.6) is 11.5 Å². The van der Waals surface area contributed by atoms with Gasteiger partial charge in [-0.25, -0.2) is 0 Å². The Bertz CT molecular complexity index is 601. The molecule has 130 valence electrons. The molecule has 4 nitrogen and oxygen atoms in total. The van der Waals surface area contributed by atoms with Crippen LogP contribution < -0.4 is 14.8 Å². The number of hydrogen-bond donors (Lipinski definition) is 1. The second-order valence-electron chi connectivity index (χ2n) is 5.39. The molecule has 0 bridgehead atoms. The topological polar surface area (TPSA) is 39.7 Å². The number of para-hydroxylation sites is 2. The van der Waals surface area contributed by atoms with Gasteiger partial charge >= 0.3 is 0 Å². The van der Waals surface area contributed by atoms with E-state index in [-0.39, 0.29) is 0 Å². The summed E-state index contributed by atoms with van der Waals surface area (Å²) in [5.74, 6) is 1.76. The molecule has 0 aliphatic heterocycles. The summed E-state index contributed by atoms with van der Waals surface area (Å²) in [5.41, 5.74) is 2.15. The molecule has 0 aromatic heterocycles. The van der Waals surface area contributed by atoms with Gasteiger partial charge in [0, 0.05) is 13.2 Å². The molecule has 4 heteroatoms. The SMILES string of the molecule is CCCOc1cccc(CNc2ccccc2OCCOCC)c1. The highest BCUT2D eigenvalue weighted by atomic mass is 16.5. The second-order valence-corrected chi connectivity index (χ2v) is 5.39. The molecule has 0 aliphatic carbocycles. The van der Waals surface area contributed by atoms with Crippen molar-refractivity contribution in [2.45, 2.75) is 26.8 Å². The van der Waals surface area contributed by atoms with Gasteiger partial charge in [0.1, 0.15) is 18.1 Å². The molecule has 24 heavy (non-hydrogen) atoms. The molecule has 0 saturated carbocycles. The molecule has 2 aromatic carbocycles. The van der Waals surface area contributed by atoms with Crippen molar-refractivity contribution in [2.75, 3.05) is 31.7 Å². The lowest BCUT2D eigenvalue weighted by atomic mass is 10.2. The normalized spacial score (nSPS) is 10.4. The smallest absolute Gasteiger partial charge is 0.142 e. The summed E-state index contributed by atoms with van der Waals surface area (Å²) in [7, 11) is 0. The molecule has 2 aromatic rings. The summed E-state index contributed by atoms with van der Waals surface area (Å²) in [4.78, 5) is 0. The first-order valence-electron chi connectivity index (χ1n) is 8.58. The van der Waals surface area contributed by atoms with Gasteiger partial charge in [-0.1, -0.05) is 31.2 Å². The van der Waals surface area contributed by atoms with E-state index in [2.05, 4.69) is 24.4 Å². The zero-order valence-corrected chi connectivity index (χ0v) is 14.6. The zero-order chi connectivity index (χ0) is 17.0. The van der Waals surface area contributed by atoms with Crippen molar-refractivity contribution >= 4 is 5.69 Å². The quantitative estimate of drug-likeness (QED) is 0.616. The molecular weight excluding hydrogens is 302 g/mol. The van der Waals surface area contributed by atoms with E-state index in [0.717, 1.165) is 36.8 Å². The van der Waals surface area contributed by atoms with Crippen molar-refractivity contribution in [3.8, 4) is 11.5 Å². The Morgan fingerprint density at radius 1 is 0.875 bits per heavy atom. The van der Waals surface area contributed by atoms with Crippen LogP contribution in [0.1, 0.15) is 25.8 Å². The average molecular weight is 329 g/mol. The number of benzene rings is 2. The molecule has 0 atom stereocenters. The fourth-order valence-corrected chi connectivity index (χ4v) is 2.26. The van der Waals surface area contributed by atoms with Crippen molar-refractivity contribution in [3.05, 3.63) is 54.1 Å². The van der Waals surface area contributed by atoms with Crippen LogP contribution in [0.4, 0.5) is 5.69 Å². The van der Waals surface area contributed by atoms with Crippen LogP contribution in [0.15, 0.2) is 48.5 Å². The van der Waals surface area contributed by atoms with Crippen molar-refractivity contribution in [2.24, 2.45) is 0 Å². The van der Waals surface area contributed by atoms with Crippen molar-refractivity contribution < 1.29 is 14.2 Å². The van der Waals surface area contributed by atoms with Gasteiger partial charge in [0.25, 0.3) is 0 Å². The van der Waals surface area contributed by atoms with Crippen molar-refractivity contribution in [1.82, 2.24) is 0 Å². The molecule has 1 N–H and O–H groups in total. The third kappa shape index (κ3) is 6.13. The van der Waals surface area contributed by atoms with E-state index in [1.54, 1.807) is 0 Å². The Balaban J connectivity index is 1.91. The lowest BCUT2D eigenvalue weighted by molar-refractivity contribution is 0.110. The number of rotatable bonds is 11. The predicted molar refractivity (Wildman–Crippen MR) is 98.0 cm³/mol. The Labute approximate surface area is 144 Å². The van der Waals surface area contributed by atoms with Crippen LogP contribution in [0.25, 0.3) is 0 Å². The highest BCUT2D eigenvalue weighted by Crippen LogP contribution is 2.24. The maximum atomic E-state index is 5.79. The van der Waals surface area contributed by atoms with Gasteiger partial charge in [-0.2, -0.15) is 0 Å². The Hall–Kier alpha value is -2.20. The molecular formula is C20H27NO3. The predicted octanol–water partition coefficient (Wildman–Crippen LogP) is 4.50. The second kappa shape index (κ2) is 10.6. The lowest BCUT2D eigenvalue weighted by Crippen LogP contribution is -2.08. The molecule has 2 rings (SSSR count). The minimum absolute atomic E-state index is 0.548. The number of anilines is 1. The minimum atomic E-state index is 0.548. The standard InChI is InChI=1S/C20H27NO3/c1-3-12-23-18-9-7-8-17(15-18)16-21-19-10-5-6-11-20(19)24-14-13-22-4-2/h5-11,15,21H,3-4,12-14,16H2,1-2H3. The fourth-order valence-electron chi connectivity index (χ4n) is 2.26. The number of ether oxygens (including phenoxy) is 3. The third-order valence-electron chi connectivity index (χ3n) is 3.43. The largest absolute Gasteiger partial charge is 0.494 e. The molecule has 0 fully saturated rings. The summed E-state index contributed by atoms with van der Waals surface area (Å²) in [6.07, 6.45) is 1.01. The molecule has 0 amide bonds. The molecule has 0 radical (unpaired) electrons. The molecule has 0 aliphatic rings. The minimum Gasteiger partial charge on any atom is -0.494 e. The molecule has 0 saturated heterocycles. The van der Waals surface area contributed by atoms with Crippen LogP contribution >= 0.6 is 0 Å². The van der Waals surface area contributed by atoms with Gasteiger partial charge in [-0.15, -0.1) is 0 Å². The summed E-state index contributed by atoms with van der Waals surface area (Å²) in [6, 6.07) is 16.1. The van der Waals surface area contributed by atoms with E-state index >= 15 is 0 Å². The van der Waals surface area contributed by atoms with Crippen molar-refractivity contribution in [3.63, 3.8) is 0 Å². The van der Waals surface area contributed by atoms with E-state index in [9.17, 15) is 0 Å². The summed E-state index contributed by atoms with van der Waals surface area (Å²) >= 11 is 0. The molecule has 0 heterocycles. The van der Waals surface area contributed by atoms with E-state index < -0.39 is 0 Å². The van der Waals surface area contributed by atoms with Gasteiger partial charge in [-0.3, -0.25) is 0 Å². The van der Waals surface area contributed by atoms with Gasteiger partial charge in [-0.05, 0) is 43.2 Å². The first-order valence-corrected chi connectivity index (χ1v) is 8.58. The number of hydrogen-bond acceptors (Lipinski definition) is 4. The maximum absolute atomic E-state index is 5.79. The fraction of sp³-hybridized carbons (Fsp3) is 0.400. The zero-order valence-electron chi connectivity index (χ0n) is 14.6. The van der Waals surface area contributed by atoms with Crippen LogP contribution in [0, 0.1) is 0 Å². The van der Waals surface area contributed by atoms with Gasteiger partial charge < -0.3 is 19.5 Å². The van der Waals surface area contributed by atoms with Crippen LogP contribution in [0.2, 0.25) is 0 Å². The van der Waals surface area contributed by atoms with Crippen LogP contribution in [-0.2, 0) is 11.3 Å². The van der Waals surface area contributed by atoms with E-state index in [1.165, 1.54) is 5.56 Å². The maximum Gasteiger partial charge on any atom is 0.142 e. The van der Waals surface area contributed by atoms with E-state index in [1.807, 2.05) is 43.3 Å². The van der Waals surface area contributed by atoms with Gasteiger partial charge in [0.15, 0.2) is 0 Å². The Morgan fingerprint density at radius 2 is 1.75 bits per heavy atom. The van der Waals surface area contributed by atoms with Crippen LogP contribution in [-0.4, -0.2) is 26.4 Å². The Kier molecular flexibility index (Phi) is 7.98. The van der Waals surface area contributed by atoms with E-state index in [4.69, 9.17) is 14.2 Å². The first kappa shape index (κ1) is 18.1. The third-order valence-corrected chi connectivity index (χ3v) is 3.43. The van der Waals surface area contributed by atoms with Crippen molar-refractivity contribution in [1.29, 1.82) is 0 Å². The van der Waals surface area contributed by atoms with Gasteiger partial charge in [0.05, 0.1) is 18.9 Å². The van der Waals surface area contributed by atoms with Gasteiger partial charge in [0.2, 0.25) is 0 Å². The average Bonchev–Trinajstić information content (AvgIpc) is 2.63. The lowest BCUT2D eigenvalue weighted by Gasteiger charge is -2.14. The highest BCUT2D eigenvalue weighted by Gasteiger charge is 2.03. The van der Waals surface area contributed by atoms with E-state index in [0.29, 0.717) is 19.8 Å². The summed E-state index contributed by atoms with van der Waals surface area (Å²) in [5, 5.41) is 3.43. The Morgan fingerprint density at radius 3 is 2.58 bits per heavy atom. The van der Waals surface area contributed by atoms with Crippen LogP contribution in [0.3, 0.4) is 0 Å².